The Kier molecular flexibility index (Phi) is 45.5. The van der Waals surface area contributed by atoms with E-state index in [2.05, 4.69) is 84.7 Å². The fraction of sp³-hybridized carbons (Fsp3) is 0.620. The molecule has 772 valence electrons. The van der Waals surface area contributed by atoms with Gasteiger partial charge in [0.05, 0.1) is 51.9 Å². The molecular weight excluding hydrogens is 1830 g/mol. The predicted molar refractivity (Wildman–Crippen MR) is 502 cm³/mol. The maximum Gasteiger partial charge on any atom is 0.303 e. The maximum absolute atomic E-state index is 15.1. The van der Waals surface area contributed by atoms with Crippen LogP contribution in [0.4, 0.5) is 0 Å². The van der Waals surface area contributed by atoms with Crippen LogP contribution in [0.3, 0.4) is 0 Å². The molecule has 0 saturated carbocycles. The van der Waals surface area contributed by atoms with Gasteiger partial charge in [-0.25, -0.2) is 0 Å². The highest BCUT2D eigenvalue weighted by Gasteiger charge is 2.48. The summed E-state index contributed by atoms with van der Waals surface area (Å²) in [6.07, 6.45) is 2.50. The number of nitrogens with one attached hydrogen (secondary N) is 16. The molecule has 17 atom stereocenters. The van der Waals surface area contributed by atoms with Crippen molar-refractivity contribution >= 4 is 135 Å². The summed E-state index contributed by atoms with van der Waals surface area (Å²) >= 11 is 0. The van der Waals surface area contributed by atoms with Crippen molar-refractivity contribution in [2.45, 2.75) is 267 Å². The minimum atomic E-state index is -1.82. The van der Waals surface area contributed by atoms with Crippen LogP contribution in [0, 0.1) is 17.8 Å². The molecule has 0 bridgehead atoms. The number of likely N-dealkylation sites (tertiary alicyclic amines) is 4. The fourth-order valence-electron chi connectivity index (χ4n) is 17.1. The van der Waals surface area contributed by atoms with Crippen LogP contribution in [0.25, 0.3) is 10.9 Å². The molecule has 4 aliphatic rings. The van der Waals surface area contributed by atoms with E-state index in [0.717, 1.165) is 4.90 Å². The van der Waals surface area contributed by atoms with Gasteiger partial charge in [-0.1, -0.05) is 96.5 Å². The Labute approximate surface area is 810 Å². The smallest absolute Gasteiger partial charge is 0.303 e. The molecule has 140 heavy (non-hydrogen) atoms. The number of H-pyrrole nitrogens is 1. The number of rotatable bonds is 56. The van der Waals surface area contributed by atoms with E-state index in [9.17, 15) is 116 Å². The van der Waals surface area contributed by atoms with Crippen molar-refractivity contribution < 1.29 is 121 Å². The van der Waals surface area contributed by atoms with Crippen LogP contribution in [0.2, 0.25) is 0 Å². The molecule has 0 radical (unpaired) electrons. The number of unbranched alkanes of at least 4 members (excludes halogenated alkanes) is 1. The minimum absolute atomic E-state index is 0.0138. The molecule has 4 aliphatic heterocycles. The number of hydrogen-bond acceptors (Lipinski definition) is 26. The highest BCUT2D eigenvalue weighted by atomic mass is 16.4. The molecule has 26 N–H and O–H groups in total. The van der Waals surface area contributed by atoms with Crippen LogP contribution in [0.15, 0.2) is 60.8 Å². The van der Waals surface area contributed by atoms with Gasteiger partial charge < -0.3 is 142 Å². The lowest BCUT2D eigenvalue weighted by molar-refractivity contribution is -0.151. The largest absolute Gasteiger partial charge is 0.481 e. The summed E-state index contributed by atoms with van der Waals surface area (Å²) in [7, 11) is 1.62. The molecule has 5 heterocycles. The molecule has 48 nitrogen and oxygen atoms in total. The van der Waals surface area contributed by atoms with E-state index < -0.39 is 285 Å². The summed E-state index contributed by atoms with van der Waals surface area (Å²) in [5, 5.41) is 78.3. The number of amides is 20. The zero-order valence-corrected chi connectivity index (χ0v) is 80.3. The Morgan fingerprint density at radius 3 is 1.46 bits per heavy atom. The number of carbonyl (C=O) groups excluding carboxylic acids is 20. The summed E-state index contributed by atoms with van der Waals surface area (Å²) in [6.45, 7) is 7.22. The van der Waals surface area contributed by atoms with Crippen molar-refractivity contribution in [1.29, 1.82) is 0 Å². The maximum atomic E-state index is 15.1. The monoisotopic (exact) mass is 1970 g/mol. The van der Waals surface area contributed by atoms with E-state index in [0.29, 0.717) is 60.6 Å². The minimum Gasteiger partial charge on any atom is -0.481 e. The number of carbonyl (C=O) groups is 21. The van der Waals surface area contributed by atoms with Crippen molar-refractivity contribution in [1.82, 2.24) is 104 Å². The molecule has 4 saturated heterocycles. The molecule has 0 spiro atoms. The second-order valence-electron chi connectivity index (χ2n) is 36.4. The zero-order chi connectivity index (χ0) is 103. The Morgan fingerprint density at radius 2 is 0.893 bits per heavy atom. The molecule has 0 aliphatic carbocycles. The van der Waals surface area contributed by atoms with Gasteiger partial charge in [-0.2, -0.15) is 0 Å². The van der Waals surface area contributed by atoms with Crippen LogP contribution in [0.1, 0.15) is 169 Å². The average Bonchev–Trinajstić information content (AvgIpc) is 1.64. The van der Waals surface area contributed by atoms with E-state index in [1.54, 1.807) is 95.5 Å². The number of aromatic nitrogens is 1. The van der Waals surface area contributed by atoms with Crippen LogP contribution in [-0.4, -0.2) is 345 Å². The molecular formula is C92H139N23O25. The van der Waals surface area contributed by atoms with Gasteiger partial charge in [0.1, 0.15) is 90.6 Å². The third-order valence-corrected chi connectivity index (χ3v) is 24.9. The molecule has 2 aromatic carbocycles. The van der Waals surface area contributed by atoms with Gasteiger partial charge in [0.15, 0.2) is 0 Å². The number of likely N-dealkylation sites (N-methyl/N-ethyl adjacent to an activating group) is 1. The topological polar surface area (TPSA) is 727 Å². The number of aromatic amines is 1. The number of nitrogens with zero attached hydrogens (tertiary/aromatic N) is 4. The highest BCUT2D eigenvalue weighted by Crippen LogP contribution is 2.30. The number of aliphatic hydroxyl groups excluding tert-OH is 3. The van der Waals surface area contributed by atoms with E-state index in [1.165, 1.54) is 21.6 Å². The molecule has 1 aromatic heterocycles. The lowest BCUT2D eigenvalue weighted by Crippen LogP contribution is -2.61. The number of nitrogens with two attached hydrogens (primary N) is 3. The number of carboxylic acid groups (broad SMARTS) is 1. The van der Waals surface area contributed by atoms with Gasteiger partial charge in [0.25, 0.3) is 0 Å². The van der Waals surface area contributed by atoms with Crippen LogP contribution >= 0.6 is 0 Å². The zero-order valence-electron chi connectivity index (χ0n) is 80.3. The van der Waals surface area contributed by atoms with Crippen LogP contribution in [-0.2, 0) is 114 Å². The summed E-state index contributed by atoms with van der Waals surface area (Å²) in [6, 6.07) is -6.10. The summed E-state index contributed by atoms with van der Waals surface area (Å²) < 4.78 is 0. The van der Waals surface area contributed by atoms with Gasteiger partial charge in [-0.15, -0.1) is 0 Å². The number of benzene rings is 2. The standard InChI is InChI=1S/C92H139N23O25/c1-9-51(6)76(111-85(133)61(39-53-21-11-10-12-22-53)105-82(130)59(96-8)37-49(2)3)89(137)103-58(30-31-75(123)124)81(129)106-62(40-54-42-97-56-24-14-13-23-55(54)56)84(132)104-60(38-50(4)5)83(131)102-57(25-15-16-32-93)80(128)107-63(41-71(94)119)78(126)99-43-72(120)98-45-74(122)112-33-17-26-67(112)87(135)110-66(48-118)86(134)109-65(47-117)79(127)100-44-73(121)101-52(7)90(138)114-35-19-28-69(114)92(140)115-36-20-29-70(115)91(139)113-34-18-27-68(113)88(136)108-64(46-116)77(95)125/h10-14,21-24,42,49-52,57-70,76,96-97,116-118H,9,15-20,25-41,43-48,93H2,1-8H3,(H2,94,119)(H2,95,125)(H,98,120)(H,99,126)(H,100,127)(H,101,121)(H,102,131)(H,103,137)(H,104,132)(H,105,130)(H,106,129)(H,107,128)(H,108,136)(H,109,134)(H,110,135)(H,111,133)(H,123,124)/t51?,52-,57-,58-,59?,60-,61-,62-,63-,64-,65-,66-,67-,68-,69-,70-,76-/m0/s1. The van der Waals surface area contributed by atoms with E-state index in [1.807, 2.05) is 13.8 Å². The second kappa shape index (κ2) is 56.0. The SMILES string of the molecule is CCC(C)[C@H](NC(=O)[C@H](Cc1ccccc1)NC(=O)C(CC(C)C)NC)C(=O)N[C@@H](CCC(=O)O)C(=O)N[C@@H](Cc1c[nH]c2ccccc12)C(=O)N[C@@H](CC(C)C)C(=O)N[C@@H](CCCCN)C(=O)N[C@@H](CC(N)=O)C(=O)NCC(=O)NCC(=O)N1CCC[C@H]1C(=O)N[C@@H](CO)C(=O)N[C@@H](CO)C(=O)NCC(=O)N[C@@H](C)C(=O)N1CCC[C@H]1C(=O)N1CCC[C@H]1C(=O)N1CCC[C@H]1C(=O)N[C@@H](CO)C(N)=O. The Hall–Kier alpha value is -13.3. The van der Waals surface area contributed by atoms with Gasteiger partial charge in [0, 0.05) is 62.5 Å². The number of carboxylic acids is 1. The van der Waals surface area contributed by atoms with Gasteiger partial charge in [-0.05, 0) is 145 Å². The molecule has 4 fully saturated rings. The second-order valence-corrected chi connectivity index (χ2v) is 36.4. The van der Waals surface area contributed by atoms with E-state index in [-0.39, 0.29) is 109 Å². The van der Waals surface area contributed by atoms with Crippen molar-refractivity contribution in [2.75, 3.05) is 79.2 Å². The number of para-hydroxylation sites is 1. The Balaban J connectivity index is 0.927. The van der Waals surface area contributed by atoms with E-state index >= 15 is 4.79 Å². The number of primary amides is 2. The summed E-state index contributed by atoms with van der Waals surface area (Å²) in [4.78, 5) is 297. The molecule has 3 aromatic rings. The first kappa shape index (κ1) is 114. The first-order valence-corrected chi connectivity index (χ1v) is 47.5. The van der Waals surface area contributed by atoms with Crippen LogP contribution < -0.4 is 97.0 Å². The first-order chi connectivity index (χ1) is 66.6. The average molecular weight is 1970 g/mol. The van der Waals surface area contributed by atoms with Crippen molar-refractivity contribution in [2.24, 2.45) is 35.0 Å². The first-order valence-electron chi connectivity index (χ1n) is 47.5. The van der Waals surface area contributed by atoms with Crippen molar-refractivity contribution in [3.63, 3.8) is 0 Å². The molecule has 7 rings (SSSR count). The molecule has 2 unspecified atom stereocenters. The number of fused-ring (bicyclic) bond motifs is 1. The normalized spacial score (nSPS) is 18.4. The lowest BCUT2D eigenvalue weighted by atomic mass is 9.96. The number of hydrogen-bond donors (Lipinski definition) is 23. The Morgan fingerprint density at radius 1 is 0.443 bits per heavy atom. The highest BCUT2D eigenvalue weighted by molar-refractivity contribution is 6.03. The number of aliphatic hydroxyl groups is 3. The Bertz CT molecular complexity index is 4870. The quantitative estimate of drug-likeness (QED) is 0.0234. The van der Waals surface area contributed by atoms with Gasteiger partial charge in [-0.3, -0.25) is 101 Å². The summed E-state index contributed by atoms with van der Waals surface area (Å²) in [5.74, 6) is -20.0. The van der Waals surface area contributed by atoms with Crippen molar-refractivity contribution in [3.8, 4) is 0 Å². The van der Waals surface area contributed by atoms with Crippen molar-refractivity contribution in [3.05, 3.63) is 71.9 Å². The lowest BCUT2D eigenvalue weighted by Gasteiger charge is -2.34. The molecule has 48 heteroatoms. The third-order valence-electron chi connectivity index (χ3n) is 24.9. The van der Waals surface area contributed by atoms with Crippen LogP contribution in [0.5, 0.6) is 0 Å². The van der Waals surface area contributed by atoms with Gasteiger partial charge in [0.2, 0.25) is 118 Å². The summed E-state index contributed by atoms with van der Waals surface area (Å²) in [5.41, 5.74) is 18.5. The van der Waals surface area contributed by atoms with E-state index in [4.69, 9.17) is 17.2 Å². The number of aliphatic carboxylic acids is 1. The third kappa shape index (κ3) is 33.7. The molecule has 20 amide bonds. The van der Waals surface area contributed by atoms with Gasteiger partial charge >= 0.3 is 5.97 Å². The fourth-order valence-corrected chi connectivity index (χ4v) is 17.1. The predicted octanol–water partition coefficient (Wildman–Crippen LogP) is -7.32.